The SMILES string of the molecule is NC1=NC(=O)[C@@H](CC(=O)Nc2ccc(Cl)c(Cl)c2)S1. The molecule has 0 unspecified atom stereocenters. The molecule has 2 amide bonds. The highest BCUT2D eigenvalue weighted by Gasteiger charge is 2.29. The minimum absolute atomic E-state index is 0.00788. The Bertz CT molecular complexity index is 577. The lowest BCUT2D eigenvalue weighted by Gasteiger charge is -2.08. The number of nitrogens with one attached hydrogen (secondary N) is 1. The van der Waals surface area contributed by atoms with Crippen molar-refractivity contribution in [2.75, 3.05) is 5.32 Å². The Labute approximate surface area is 123 Å². The third-order valence-corrected chi connectivity index (χ3v) is 4.06. The van der Waals surface area contributed by atoms with Crippen LogP contribution in [0.3, 0.4) is 0 Å². The maximum absolute atomic E-state index is 11.8. The fourth-order valence-corrected chi connectivity index (χ4v) is 2.61. The molecular formula is C11H9Cl2N3O2S. The summed E-state index contributed by atoms with van der Waals surface area (Å²) in [6.07, 6.45) is 0.00788. The number of benzene rings is 1. The maximum Gasteiger partial charge on any atom is 0.262 e. The number of nitrogens with zero attached hydrogens (tertiary/aromatic N) is 1. The van der Waals surface area contributed by atoms with Gasteiger partial charge in [0.2, 0.25) is 5.91 Å². The van der Waals surface area contributed by atoms with E-state index in [1.807, 2.05) is 0 Å². The van der Waals surface area contributed by atoms with Crippen molar-refractivity contribution in [2.24, 2.45) is 10.7 Å². The van der Waals surface area contributed by atoms with Gasteiger partial charge in [0.05, 0.1) is 10.0 Å². The Morgan fingerprint density at radius 1 is 1.42 bits per heavy atom. The van der Waals surface area contributed by atoms with Crippen LogP contribution in [0.25, 0.3) is 0 Å². The molecule has 0 saturated heterocycles. The van der Waals surface area contributed by atoms with Crippen LogP contribution in [0.4, 0.5) is 5.69 Å². The van der Waals surface area contributed by atoms with E-state index in [9.17, 15) is 9.59 Å². The number of amidine groups is 1. The topological polar surface area (TPSA) is 84.5 Å². The molecule has 0 aliphatic carbocycles. The Morgan fingerprint density at radius 2 is 2.16 bits per heavy atom. The Hall–Kier alpha value is -1.24. The van der Waals surface area contributed by atoms with Crippen LogP contribution in [0.2, 0.25) is 10.0 Å². The number of carbonyl (C=O) groups is 2. The van der Waals surface area contributed by atoms with E-state index < -0.39 is 5.25 Å². The van der Waals surface area contributed by atoms with Crippen molar-refractivity contribution in [1.82, 2.24) is 0 Å². The Kier molecular flexibility index (Phi) is 4.34. The zero-order chi connectivity index (χ0) is 14.0. The van der Waals surface area contributed by atoms with E-state index in [1.54, 1.807) is 12.1 Å². The van der Waals surface area contributed by atoms with E-state index in [0.29, 0.717) is 15.7 Å². The van der Waals surface area contributed by atoms with Crippen LogP contribution in [-0.4, -0.2) is 22.2 Å². The lowest BCUT2D eigenvalue weighted by Crippen LogP contribution is -2.21. The summed E-state index contributed by atoms with van der Waals surface area (Å²) in [4.78, 5) is 26.7. The average molecular weight is 318 g/mol. The predicted molar refractivity (Wildman–Crippen MR) is 77.7 cm³/mol. The molecule has 1 heterocycles. The van der Waals surface area contributed by atoms with Gasteiger partial charge in [0.25, 0.3) is 5.91 Å². The van der Waals surface area contributed by atoms with Crippen LogP contribution in [0.1, 0.15) is 6.42 Å². The molecule has 100 valence electrons. The number of nitrogens with two attached hydrogens (primary N) is 1. The average Bonchev–Trinajstić information content (AvgIpc) is 2.62. The number of thioether (sulfide) groups is 1. The quantitative estimate of drug-likeness (QED) is 0.895. The molecule has 5 nitrogen and oxygen atoms in total. The van der Waals surface area contributed by atoms with Gasteiger partial charge in [-0.3, -0.25) is 9.59 Å². The first-order valence-corrected chi connectivity index (χ1v) is 6.89. The van der Waals surface area contributed by atoms with Gasteiger partial charge in [-0.1, -0.05) is 35.0 Å². The summed E-state index contributed by atoms with van der Waals surface area (Å²) in [7, 11) is 0. The summed E-state index contributed by atoms with van der Waals surface area (Å²) in [6, 6.07) is 4.74. The highest BCUT2D eigenvalue weighted by atomic mass is 35.5. The van der Waals surface area contributed by atoms with Crippen LogP contribution in [0.5, 0.6) is 0 Å². The minimum atomic E-state index is -0.553. The largest absolute Gasteiger partial charge is 0.378 e. The first-order chi connectivity index (χ1) is 8.95. The highest BCUT2D eigenvalue weighted by molar-refractivity contribution is 8.15. The molecule has 0 bridgehead atoms. The van der Waals surface area contributed by atoms with Crippen LogP contribution < -0.4 is 11.1 Å². The molecule has 2 rings (SSSR count). The van der Waals surface area contributed by atoms with Crippen molar-refractivity contribution in [3.8, 4) is 0 Å². The van der Waals surface area contributed by atoms with Gasteiger partial charge in [0, 0.05) is 12.1 Å². The molecule has 0 fully saturated rings. The van der Waals surface area contributed by atoms with E-state index in [4.69, 9.17) is 28.9 Å². The molecule has 1 atom stereocenters. The summed E-state index contributed by atoms with van der Waals surface area (Å²) in [5, 5.41) is 3.02. The first kappa shape index (κ1) is 14.2. The van der Waals surface area contributed by atoms with E-state index in [1.165, 1.54) is 6.07 Å². The van der Waals surface area contributed by atoms with Gasteiger partial charge in [0.15, 0.2) is 5.17 Å². The summed E-state index contributed by atoms with van der Waals surface area (Å²) in [5.74, 6) is -0.694. The molecule has 19 heavy (non-hydrogen) atoms. The molecule has 1 aliphatic heterocycles. The van der Waals surface area contributed by atoms with Gasteiger partial charge in [-0.05, 0) is 18.2 Å². The summed E-state index contributed by atoms with van der Waals surface area (Å²) in [6.45, 7) is 0. The molecule has 0 radical (unpaired) electrons. The number of anilines is 1. The Balaban J connectivity index is 1.95. The van der Waals surface area contributed by atoms with Crippen LogP contribution in [0.15, 0.2) is 23.2 Å². The summed E-state index contributed by atoms with van der Waals surface area (Å²) < 4.78 is 0. The molecule has 0 saturated carbocycles. The first-order valence-electron chi connectivity index (χ1n) is 5.25. The van der Waals surface area contributed by atoms with Gasteiger partial charge in [0.1, 0.15) is 5.25 Å². The van der Waals surface area contributed by atoms with Crippen LogP contribution in [0, 0.1) is 0 Å². The van der Waals surface area contributed by atoms with Crippen LogP contribution >= 0.6 is 35.0 Å². The second-order valence-electron chi connectivity index (χ2n) is 3.78. The van der Waals surface area contributed by atoms with Crippen molar-refractivity contribution in [2.45, 2.75) is 11.7 Å². The van der Waals surface area contributed by atoms with Gasteiger partial charge in [-0.25, -0.2) is 0 Å². The predicted octanol–water partition coefficient (Wildman–Crippen LogP) is 2.28. The van der Waals surface area contributed by atoms with Crippen molar-refractivity contribution in [3.05, 3.63) is 28.2 Å². The van der Waals surface area contributed by atoms with Crippen LogP contribution in [-0.2, 0) is 9.59 Å². The van der Waals surface area contributed by atoms with E-state index in [0.717, 1.165) is 11.8 Å². The van der Waals surface area contributed by atoms with Crippen molar-refractivity contribution >= 4 is 57.6 Å². The fourth-order valence-electron chi connectivity index (χ4n) is 1.49. The van der Waals surface area contributed by atoms with E-state index >= 15 is 0 Å². The molecule has 1 aliphatic rings. The Morgan fingerprint density at radius 3 is 2.74 bits per heavy atom. The summed E-state index contributed by atoms with van der Waals surface area (Å²) >= 11 is 12.7. The van der Waals surface area contributed by atoms with Gasteiger partial charge in [-0.2, -0.15) is 4.99 Å². The van der Waals surface area contributed by atoms with Crippen molar-refractivity contribution in [1.29, 1.82) is 0 Å². The summed E-state index contributed by atoms with van der Waals surface area (Å²) in [5.41, 5.74) is 5.93. The number of carbonyl (C=O) groups excluding carboxylic acids is 2. The molecule has 8 heteroatoms. The van der Waals surface area contributed by atoms with Gasteiger partial charge in [-0.15, -0.1) is 0 Å². The standard InChI is InChI=1S/C11H9Cl2N3O2S/c12-6-2-1-5(3-7(6)13)15-9(17)4-8-10(18)16-11(14)19-8/h1-3,8H,4H2,(H,15,17)(H2,14,16,18)/t8-/m1/s1. The van der Waals surface area contributed by atoms with Crippen molar-refractivity contribution < 1.29 is 9.59 Å². The maximum atomic E-state index is 11.8. The second kappa shape index (κ2) is 5.81. The molecule has 3 N–H and O–H groups in total. The minimum Gasteiger partial charge on any atom is -0.378 e. The molecule has 1 aromatic carbocycles. The number of halogens is 2. The lowest BCUT2D eigenvalue weighted by atomic mass is 10.2. The zero-order valence-corrected chi connectivity index (χ0v) is 11.9. The second-order valence-corrected chi connectivity index (χ2v) is 5.81. The monoisotopic (exact) mass is 317 g/mol. The highest BCUT2D eigenvalue weighted by Crippen LogP contribution is 2.26. The fraction of sp³-hybridized carbons (Fsp3) is 0.182. The zero-order valence-electron chi connectivity index (χ0n) is 9.52. The molecule has 0 spiro atoms. The molecule has 0 aromatic heterocycles. The molecule has 1 aromatic rings. The number of amides is 2. The third-order valence-electron chi connectivity index (χ3n) is 2.33. The van der Waals surface area contributed by atoms with Gasteiger partial charge >= 0.3 is 0 Å². The lowest BCUT2D eigenvalue weighted by molar-refractivity contribution is -0.121. The molecular weight excluding hydrogens is 309 g/mol. The smallest absolute Gasteiger partial charge is 0.262 e. The number of aliphatic imine (C=N–C) groups is 1. The third kappa shape index (κ3) is 3.62. The van der Waals surface area contributed by atoms with E-state index in [2.05, 4.69) is 10.3 Å². The number of hydrogen-bond acceptors (Lipinski definition) is 4. The number of rotatable bonds is 3. The normalized spacial score (nSPS) is 18.3. The van der Waals surface area contributed by atoms with Crippen molar-refractivity contribution in [3.63, 3.8) is 0 Å². The van der Waals surface area contributed by atoms with E-state index in [-0.39, 0.29) is 23.4 Å². The number of hydrogen-bond donors (Lipinski definition) is 2. The van der Waals surface area contributed by atoms with Gasteiger partial charge < -0.3 is 11.1 Å².